The monoisotopic (exact) mass is 306 g/mol. The van der Waals surface area contributed by atoms with Crippen LogP contribution in [-0.2, 0) is 17.8 Å². The summed E-state index contributed by atoms with van der Waals surface area (Å²) in [5.74, 6) is -4.10. The summed E-state index contributed by atoms with van der Waals surface area (Å²) in [5.41, 5.74) is 1.46. The summed E-state index contributed by atoms with van der Waals surface area (Å²) in [5, 5.41) is 12.8. The van der Waals surface area contributed by atoms with Crippen molar-refractivity contribution >= 4 is 5.97 Å². The molecular formula is C13H17F3N2O3. The lowest BCUT2D eigenvalue weighted by molar-refractivity contribution is -0.188. The van der Waals surface area contributed by atoms with Crippen LogP contribution in [0.1, 0.15) is 23.9 Å². The third-order valence-electron chi connectivity index (χ3n) is 3.92. The number of carboxylic acid groups (broad SMARTS) is 1. The summed E-state index contributed by atoms with van der Waals surface area (Å²) in [7, 11) is 0. The highest BCUT2D eigenvalue weighted by Crippen LogP contribution is 2.38. The number of carboxylic acids is 1. The van der Waals surface area contributed by atoms with Gasteiger partial charge >= 0.3 is 12.1 Å². The van der Waals surface area contributed by atoms with Crippen molar-refractivity contribution in [2.45, 2.75) is 33.0 Å². The summed E-state index contributed by atoms with van der Waals surface area (Å²) in [6.45, 7) is 3.38. The Morgan fingerprint density at radius 2 is 2.14 bits per heavy atom. The van der Waals surface area contributed by atoms with E-state index in [1.165, 1.54) is 4.90 Å². The number of likely N-dealkylation sites (tertiary alicyclic amines) is 1. The van der Waals surface area contributed by atoms with Crippen LogP contribution in [0.5, 0.6) is 0 Å². The first-order valence-corrected chi connectivity index (χ1v) is 6.70. The van der Waals surface area contributed by atoms with Crippen LogP contribution in [0, 0.1) is 18.8 Å². The van der Waals surface area contributed by atoms with Crippen molar-refractivity contribution in [2.75, 3.05) is 13.1 Å². The maximum absolute atomic E-state index is 12.9. The average Bonchev–Trinajstić information content (AvgIpc) is 2.95. The molecule has 1 aliphatic rings. The van der Waals surface area contributed by atoms with Crippen molar-refractivity contribution in [1.29, 1.82) is 0 Å². The van der Waals surface area contributed by atoms with E-state index in [1.807, 2.05) is 6.92 Å². The highest BCUT2D eigenvalue weighted by Gasteiger charge is 2.52. The highest BCUT2D eigenvalue weighted by molar-refractivity contribution is 5.71. The van der Waals surface area contributed by atoms with Crippen molar-refractivity contribution in [3.8, 4) is 0 Å². The number of hydrogen-bond acceptors (Lipinski definition) is 4. The van der Waals surface area contributed by atoms with Gasteiger partial charge in [0.2, 0.25) is 0 Å². The second kappa shape index (κ2) is 5.67. The molecular weight excluding hydrogens is 289 g/mol. The predicted molar refractivity (Wildman–Crippen MR) is 66.6 cm³/mol. The van der Waals surface area contributed by atoms with Crippen molar-refractivity contribution in [2.24, 2.45) is 11.8 Å². The molecule has 2 heterocycles. The quantitative estimate of drug-likeness (QED) is 0.924. The fraction of sp³-hybridized carbons (Fsp3) is 0.692. The van der Waals surface area contributed by atoms with E-state index in [9.17, 15) is 18.0 Å². The molecule has 2 rings (SSSR count). The van der Waals surface area contributed by atoms with Gasteiger partial charge in [-0.25, -0.2) is 0 Å². The Morgan fingerprint density at radius 1 is 1.48 bits per heavy atom. The molecule has 0 bridgehead atoms. The summed E-state index contributed by atoms with van der Waals surface area (Å²) < 4.78 is 43.8. The molecule has 0 aliphatic carbocycles. The molecule has 1 aromatic rings. The lowest BCUT2D eigenvalue weighted by atomic mass is 9.96. The minimum Gasteiger partial charge on any atom is -0.481 e. The van der Waals surface area contributed by atoms with E-state index in [2.05, 4.69) is 5.16 Å². The maximum atomic E-state index is 12.9. The van der Waals surface area contributed by atoms with E-state index in [0.29, 0.717) is 17.9 Å². The number of aryl methyl sites for hydroxylation is 2. The number of alkyl halides is 3. The summed E-state index contributed by atoms with van der Waals surface area (Å²) >= 11 is 0. The molecule has 5 nitrogen and oxygen atoms in total. The number of nitrogens with zero attached hydrogens (tertiary/aromatic N) is 2. The molecule has 1 aliphatic heterocycles. The minimum atomic E-state index is -4.50. The Bertz CT molecular complexity index is 527. The van der Waals surface area contributed by atoms with E-state index in [4.69, 9.17) is 9.63 Å². The van der Waals surface area contributed by atoms with Gasteiger partial charge in [-0.1, -0.05) is 12.1 Å². The molecule has 118 valence electrons. The van der Waals surface area contributed by atoms with Crippen molar-refractivity contribution < 1.29 is 27.6 Å². The van der Waals surface area contributed by atoms with E-state index in [1.54, 1.807) is 6.92 Å². The Morgan fingerprint density at radius 3 is 2.62 bits per heavy atom. The molecule has 0 saturated carbocycles. The van der Waals surface area contributed by atoms with E-state index in [-0.39, 0.29) is 19.6 Å². The fourth-order valence-electron chi connectivity index (χ4n) is 2.74. The lowest BCUT2D eigenvalue weighted by Crippen LogP contribution is -2.33. The summed E-state index contributed by atoms with van der Waals surface area (Å²) in [6.07, 6.45) is -3.89. The Balaban J connectivity index is 2.16. The molecule has 1 saturated heterocycles. The summed E-state index contributed by atoms with van der Waals surface area (Å²) in [4.78, 5) is 12.5. The van der Waals surface area contributed by atoms with Crippen LogP contribution in [-0.4, -0.2) is 40.4 Å². The van der Waals surface area contributed by atoms with Gasteiger partial charge in [-0.05, 0) is 13.3 Å². The normalized spacial score (nSPS) is 23.7. The minimum absolute atomic E-state index is 0.118. The molecule has 0 unspecified atom stereocenters. The van der Waals surface area contributed by atoms with Crippen LogP contribution in [0.4, 0.5) is 13.2 Å². The van der Waals surface area contributed by atoms with Gasteiger partial charge in [-0.15, -0.1) is 0 Å². The molecule has 0 radical (unpaired) electrons. The topological polar surface area (TPSA) is 66.6 Å². The Kier molecular flexibility index (Phi) is 4.27. The number of halogens is 3. The van der Waals surface area contributed by atoms with Gasteiger partial charge < -0.3 is 9.63 Å². The number of carbonyl (C=O) groups is 1. The number of aliphatic carboxylic acids is 1. The number of rotatable bonds is 4. The second-order valence-electron chi connectivity index (χ2n) is 5.30. The first kappa shape index (κ1) is 15.8. The van der Waals surface area contributed by atoms with Gasteiger partial charge in [0.15, 0.2) is 0 Å². The van der Waals surface area contributed by atoms with Crippen molar-refractivity contribution in [3.05, 3.63) is 17.0 Å². The van der Waals surface area contributed by atoms with Gasteiger partial charge in [0.25, 0.3) is 0 Å². The van der Waals surface area contributed by atoms with Gasteiger partial charge in [-0.2, -0.15) is 13.2 Å². The molecule has 0 spiro atoms. The largest absolute Gasteiger partial charge is 0.481 e. The van der Waals surface area contributed by atoms with Crippen LogP contribution in [0.2, 0.25) is 0 Å². The van der Waals surface area contributed by atoms with E-state index in [0.717, 1.165) is 5.56 Å². The molecule has 21 heavy (non-hydrogen) atoms. The van der Waals surface area contributed by atoms with Crippen LogP contribution in [0.3, 0.4) is 0 Å². The van der Waals surface area contributed by atoms with Gasteiger partial charge in [0, 0.05) is 25.2 Å². The van der Waals surface area contributed by atoms with Crippen LogP contribution in [0.25, 0.3) is 0 Å². The molecule has 2 atom stereocenters. The highest BCUT2D eigenvalue weighted by atomic mass is 19.4. The molecule has 1 N–H and O–H groups in total. The fourth-order valence-corrected chi connectivity index (χ4v) is 2.74. The second-order valence-corrected chi connectivity index (χ2v) is 5.30. The van der Waals surface area contributed by atoms with Crippen LogP contribution >= 0.6 is 0 Å². The standard InChI is InChI=1S/C13H17F3N2O3/c1-3-11-8(7(2)21-17-11)4-18-5-9(12(19)20)10(6-18)13(14,15)16/h9-10H,3-6H2,1-2H3,(H,19,20)/t9-,10-/m1/s1. The Hall–Kier alpha value is -1.57. The molecule has 1 aromatic heterocycles. The average molecular weight is 306 g/mol. The first-order valence-electron chi connectivity index (χ1n) is 6.70. The predicted octanol–water partition coefficient (Wildman–Crippen LogP) is 2.24. The maximum Gasteiger partial charge on any atom is 0.393 e. The zero-order valence-corrected chi connectivity index (χ0v) is 11.8. The number of hydrogen-bond donors (Lipinski definition) is 1. The molecule has 0 amide bonds. The van der Waals surface area contributed by atoms with Crippen LogP contribution < -0.4 is 0 Å². The van der Waals surface area contributed by atoms with E-state index >= 15 is 0 Å². The van der Waals surface area contributed by atoms with Crippen molar-refractivity contribution in [3.63, 3.8) is 0 Å². The van der Waals surface area contributed by atoms with E-state index < -0.39 is 24.0 Å². The summed E-state index contributed by atoms with van der Waals surface area (Å²) in [6, 6.07) is 0. The van der Waals surface area contributed by atoms with Crippen molar-refractivity contribution in [1.82, 2.24) is 10.1 Å². The van der Waals surface area contributed by atoms with Gasteiger partial charge in [-0.3, -0.25) is 9.69 Å². The number of aromatic nitrogens is 1. The zero-order valence-electron chi connectivity index (χ0n) is 11.8. The van der Waals surface area contributed by atoms with Gasteiger partial charge in [0.05, 0.1) is 17.5 Å². The molecule has 1 fully saturated rings. The molecule has 0 aromatic carbocycles. The van der Waals surface area contributed by atoms with Crippen LogP contribution in [0.15, 0.2) is 4.52 Å². The third-order valence-corrected chi connectivity index (χ3v) is 3.92. The Labute approximate surface area is 119 Å². The lowest BCUT2D eigenvalue weighted by Gasteiger charge is -2.18. The van der Waals surface area contributed by atoms with Gasteiger partial charge in [0.1, 0.15) is 5.76 Å². The first-order chi connectivity index (χ1) is 9.74. The smallest absolute Gasteiger partial charge is 0.393 e. The zero-order chi connectivity index (χ0) is 15.8. The third kappa shape index (κ3) is 3.20. The molecule has 8 heteroatoms. The SMILES string of the molecule is CCc1noc(C)c1CN1C[C@@H](C(F)(F)F)[C@H](C(=O)O)C1.